The lowest BCUT2D eigenvalue weighted by molar-refractivity contribution is -0.167. The Hall–Kier alpha value is -3.41. The SMILES string of the molecule is CC/C=C\C/C=C\C/C=C\C/C=C\CCCCCCC(=O)O[C@H](COC(=O)CCCCCCCCCCC/C=C\C/C=C\CCCCC)COC(=O)CCCCCCCCCCC/C=C\CCCCCCCC. The first kappa shape index (κ1) is 69.6. The van der Waals surface area contributed by atoms with Crippen LogP contribution in [0.15, 0.2) is 85.1 Å². The largest absolute Gasteiger partial charge is 0.462 e. The van der Waals surface area contributed by atoms with Gasteiger partial charge in [-0.3, -0.25) is 14.4 Å². The molecule has 0 aromatic heterocycles. The number of ether oxygens (including phenoxy) is 3. The normalized spacial score (nSPS) is 12.6. The topological polar surface area (TPSA) is 78.9 Å². The number of hydrogen-bond acceptors (Lipinski definition) is 6. The van der Waals surface area contributed by atoms with Crippen LogP contribution < -0.4 is 0 Å². The first-order chi connectivity index (χ1) is 36.0. The predicted molar refractivity (Wildman–Crippen MR) is 316 cm³/mol. The summed E-state index contributed by atoms with van der Waals surface area (Å²) in [6.45, 7) is 6.50. The van der Waals surface area contributed by atoms with Gasteiger partial charge in [0, 0.05) is 19.3 Å². The van der Waals surface area contributed by atoms with Gasteiger partial charge < -0.3 is 14.2 Å². The molecule has 0 N–H and O–H groups in total. The van der Waals surface area contributed by atoms with Crippen LogP contribution in [-0.2, 0) is 28.6 Å². The summed E-state index contributed by atoms with van der Waals surface area (Å²) in [5, 5.41) is 0. The minimum Gasteiger partial charge on any atom is -0.462 e. The van der Waals surface area contributed by atoms with Crippen LogP contribution in [0.3, 0.4) is 0 Å². The zero-order valence-electron chi connectivity index (χ0n) is 48.1. The van der Waals surface area contributed by atoms with E-state index < -0.39 is 6.10 Å². The van der Waals surface area contributed by atoms with Crippen LogP contribution in [0.5, 0.6) is 0 Å². The zero-order chi connectivity index (χ0) is 52.9. The third-order valence-corrected chi connectivity index (χ3v) is 13.4. The van der Waals surface area contributed by atoms with Crippen LogP contribution in [-0.4, -0.2) is 37.2 Å². The van der Waals surface area contributed by atoms with Gasteiger partial charge in [0.25, 0.3) is 0 Å². The summed E-state index contributed by atoms with van der Waals surface area (Å²) in [6, 6.07) is 0. The van der Waals surface area contributed by atoms with Gasteiger partial charge in [-0.25, -0.2) is 0 Å². The lowest BCUT2D eigenvalue weighted by Gasteiger charge is -2.18. The maximum atomic E-state index is 12.9. The molecular formula is C67H116O6. The van der Waals surface area contributed by atoms with Crippen LogP contribution >= 0.6 is 0 Å². The van der Waals surface area contributed by atoms with Crippen LogP contribution in [0.25, 0.3) is 0 Å². The Morgan fingerprint density at radius 1 is 0.288 bits per heavy atom. The standard InChI is InChI=1S/C67H116O6/c1-4-7-10-13-16-19-22-25-28-31-33-36-38-41-44-47-50-53-56-59-65(68)71-62-64(73-67(70)61-58-55-52-49-46-43-40-35-30-27-24-21-18-15-12-9-6-3)63-72-66(69)60-57-54-51-48-45-42-39-37-34-32-29-26-23-20-17-14-11-8-5-2/h9,12,16,18-19,21,25-30,40,43,64H,4-8,10-11,13-15,17,20,22-24,31-39,41-42,44-63H2,1-3H3/b12-9-,19-16-,21-18-,28-25-,29-26-,30-27-,43-40-/t64-/m1/s1. The summed E-state index contributed by atoms with van der Waals surface area (Å²) >= 11 is 0. The van der Waals surface area contributed by atoms with Gasteiger partial charge in [0.05, 0.1) is 0 Å². The van der Waals surface area contributed by atoms with E-state index in [1.54, 1.807) is 0 Å². The maximum Gasteiger partial charge on any atom is 0.306 e. The molecule has 0 unspecified atom stereocenters. The third kappa shape index (κ3) is 59.3. The molecule has 0 aromatic rings. The molecule has 0 rings (SSSR count). The van der Waals surface area contributed by atoms with Gasteiger partial charge in [0.1, 0.15) is 13.2 Å². The van der Waals surface area contributed by atoms with Crippen molar-refractivity contribution in [2.75, 3.05) is 13.2 Å². The van der Waals surface area contributed by atoms with E-state index in [1.807, 2.05) is 0 Å². The van der Waals surface area contributed by atoms with Crippen molar-refractivity contribution in [2.45, 2.75) is 309 Å². The average Bonchev–Trinajstić information content (AvgIpc) is 3.39. The molecule has 0 radical (unpaired) electrons. The number of esters is 3. The molecule has 0 aromatic carbocycles. The molecule has 0 fully saturated rings. The van der Waals surface area contributed by atoms with E-state index in [4.69, 9.17) is 14.2 Å². The van der Waals surface area contributed by atoms with E-state index in [-0.39, 0.29) is 31.1 Å². The number of unbranched alkanes of at least 4 members (excludes halogenated alkanes) is 31. The van der Waals surface area contributed by atoms with E-state index in [2.05, 4.69) is 106 Å². The summed E-state index contributed by atoms with van der Waals surface area (Å²) in [6.07, 6.45) is 80.0. The van der Waals surface area contributed by atoms with E-state index in [1.165, 1.54) is 161 Å². The summed E-state index contributed by atoms with van der Waals surface area (Å²) in [7, 11) is 0. The van der Waals surface area contributed by atoms with E-state index in [9.17, 15) is 14.4 Å². The number of allylic oxidation sites excluding steroid dienone is 14. The molecule has 0 heterocycles. The van der Waals surface area contributed by atoms with Crippen LogP contribution in [0, 0.1) is 0 Å². The fourth-order valence-corrected chi connectivity index (χ4v) is 8.69. The molecule has 0 aliphatic heterocycles. The molecule has 0 aliphatic rings. The quantitative estimate of drug-likeness (QED) is 0.0261. The molecule has 0 saturated carbocycles. The first-order valence-corrected chi connectivity index (χ1v) is 31.1. The number of carbonyl (C=O) groups is 3. The molecule has 6 heteroatoms. The van der Waals surface area contributed by atoms with Crippen molar-refractivity contribution >= 4 is 17.9 Å². The highest BCUT2D eigenvalue weighted by molar-refractivity contribution is 5.71. The number of rotatable bonds is 56. The number of carbonyl (C=O) groups excluding carboxylic acids is 3. The molecule has 1 atom stereocenters. The van der Waals surface area contributed by atoms with Gasteiger partial charge in [0.15, 0.2) is 6.10 Å². The summed E-state index contributed by atoms with van der Waals surface area (Å²) in [4.78, 5) is 38.3. The molecule has 0 spiro atoms. The molecular weight excluding hydrogens is 901 g/mol. The molecule has 420 valence electrons. The summed E-state index contributed by atoms with van der Waals surface area (Å²) in [5.41, 5.74) is 0. The average molecular weight is 1020 g/mol. The van der Waals surface area contributed by atoms with Crippen molar-refractivity contribution in [3.05, 3.63) is 85.1 Å². The zero-order valence-corrected chi connectivity index (χ0v) is 48.1. The highest BCUT2D eigenvalue weighted by atomic mass is 16.6. The van der Waals surface area contributed by atoms with Crippen LogP contribution in [0.2, 0.25) is 0 Å². The Morgan fingerprint density at radius 2 is 0.534 bits per heavy atom. The fourth-order valence-electron chi connectivity index (χ4n) is 8.69. The molecule has 0 bridgehead atoms. The van der Waals surface area contributed by atoms with Crippen molar-refractivity contribution in [1.29, 1.82) is 0 Å². The fraction of sp³-hybridized carbons (Fsp3) is 0.746. The van der Waals surface area contributed by atoms with Gasteiger partial charge in [-0.15, -0.1) is 0 Å². The second-order valence-corrected chi connectivity index (χ2v) is 20.6. The van der Waals surface area contributed by atoms with Crippen molar-refractivity contribution in [3.63, 3.8) is 0 Å². The van der Waals surface area contributed by atoms with Crippen LogP contribution in [0.1, 0.15) is 303 Å². The van der Waals surface area contributed by atoms with Crippen LogP contribution in [0.4, 0.5) is 0 Å². The lowest BCUT2D eigenvalue weighted by Crippen LogP contribution is -2.30. The second-order valence-electron chi connectivity index (χ2n) is 20.6. The minimum atomic E-state index is -0.794. The Balaban J connectivity index is 4.41. The minimum absolute atomic E-state index is 0.0881. The molecule has 6 nitrogen and oxygen atoms in total. The Bertz CT molecular complexity index is 1400. The monoisotopic (exact) mass is 1020 g/mol. The second kappa shape index (κ2) is 61.1. The smallest absolute Gasteiger partial charge is 0.306 e. The van der Waals surface area contributed by atoms with Crippen molar-refractivity contribution in [2.24, 2.45) is 0 Å². The Kier molecular flexibility index (Phi) is 58.3. The maximum absolute atomic E-state index is 12.9. The lowest BCUT2D eigenvalue weighted by atomic mass is 10.1. The number of hydrogen-bond donors (Lipinski definition) is 0. The van der Waals surface area contributed by atoms with E-state index >= 15 is 0 Å². The molecule has 0 aliphatic carbocycles. The molecule has 73 heavy (non-hydrogen) atoms. The van der Waals surface area contributed by atoms with Gasteiger partial charge in [-0.1, -0.05) is 254 Å². The first-order valence-electron chi connectivity index (χ1n) is 31.1. The summed E-state index contributed by atoms with van der Waals surface area (Å²) in [5.74, 6) is -0.908. The Morgan fingerprint density at radius 3 is 0.877 bits per heavy atom. The predicted octanol–water partition coefficient (Wildman–Crippen LogP) is 21.1. The molecule has 0 saturated heterocycles. The van der Waals surface area contributed by atoms with Crippen molar-refractivity contribution in [3.8, 4) is 0 Å². The van der Waals surface area contributed by atoms with Gasteiger partial charge in [-0.2, -0.15) is 0 Å². The third-order valence-electron chi connectivity index (χ3n) is 13.4. The highest BCUT2D eigenvalue weighted by Gasteiger charge is 2.19. The summed E-state index contributed by atoms with van der Waals surface area (Å²) < 4.78 is 16.9. The van der Waals surface area contributed by atoms with Gasteiger partial charge in [0.2, 0.25) is 0 Å². The van der Waals surface area contributed by atoms with Crippen molar-refractivity contribution < 1.29 is 28.6 Å². The van der Waals surface area contributed by atoms with E-state index in [0.29, 0.717) is 19.3 Å². The highest BCUT2D eigenvalue weighted by Crippen LogP contribution is 2.16. The van der Waals surface area contributed by atoms with Crippen molar-refractivity contribution in [1.82, 2.24) is 0 Å². The Labute approximate surface area is 452 Å². The molecule has 0 amide bonds. The van der Waals surface area contributed by atoms with E-state index in [0.717, 1.165) is 103 Å². The van der Waals surface area contributed by atoms with Gasteiger partial charge >= 0.3 is 17.9 Å². The van der Waals surface area contributed by atoms with Gasteiger partial charge in [-0.05, 0) is 116 Å².